The maximum absolute atomic E-state index is 13.1. The van der Waals surface area contributed by atoms with Crippen molar-refractivity contribution in [3.05, 3.63) is 18.7 Å². The average Bonchev–Trinajstić information content (AvgIpc) is 3.71. The van der Waals surface area contributed by atoms with Crippen molar-refractivity contribution < 1.29 is 14.3 Å². The third-order valence-corrected chi connectivity index (χ3v) is 11.7. The van der Waals surface area contributed by atoms with Crippen LogP contribution in [0.4, 0.5) is 0 Å². The summed E-state index contributed by atoms with van der Waals surface area (Å²) in [5.74, 6) is 0.671. The van der Waals surface area contributed by atoms with Crippen molar-refractivity contribution in [3.63, 3.8) is 0 Å². The van der Waals surface area contributed by atoms with Gasteiger partial charge in [0.05, 0.1) is 18.9 Å². The van der Waals surface area contributed by atoms with Gasteiger partial charge in [-0.05, 0) is 71.0 Å². The smallest absolute Gasteiger partial charge is 0.308 e. The summed E-state index contributed by atoms with van der Waals surface area (Å²) in [6.45, 7) is 11.9. The highest BCUT2D eigenvalue weighted by molar-refractivity contribution is 5.78. The number of rotatable bonds is 44. The zero-order chi connectivity index (χ0) is 39.7. The van der Waals surface area contributed by atoms with Crippen molar-refractivity contribution in [1.82, 2.24) is 14.5 Å². The maximum Gasteiger partial charge on any atom is 0.308 e. The van der Waals surface area contributed by atoms with Gasteiger partial charge in [-0.3, -0.25) is 9.59 Å². The van der Waals surface area contributed by atoms with E-state index < -0.39 is 0 Å². The molecule has 0 aliphatic carbocycles. The van der Waals surface area contributed by atoms with Crippen molar-refractivity contribution in [2.75, 3.05) is 26.2 Å². The second-order valence-electron chi connectivity index (χ2n) is 17.0. The van der Waals surface area contributed by atoms with Gasteiger partial charge in [0.25, 0.3) is 0 Å². The quantitative estimate of drug-likeness (QED) is 0.0488. The Kier molecular flexibility index (Phi) is 37.8. The number of imidazole rings is 1. The minimum absolute atomic E-state index is 0.0776. The first kappa shape index (κ1) is 51.3. The fourth-order valence-corrected chi connectivity index (χ4v) is 7.98. The van der Waals surface area contributed by atoms with Crippen LogP contribution in [0.1, 0.15) is 245 Å². The molecule has 322 valence electrons. The third kappa shape index (κ3) is 34.1. The van der Waals surface area contributed by atoms with Crippen molar-refractivity contribution in [3.8, 4) is 0 Å². The van der Waals surface area contributed by atoms with Crippen molar-refractivity contribution >= 4 is 11.8 Å². The van der Waals surface area contributed by atoms with Gasteiger partial charge in [-0.1, -0.05) is 181 Å². The van der Waals surface area contributed by atoms with E-state index in [-0.39, 0.29) is 11.9 Å². The number of nitrogens with zero attached hydrogens (tertiary/aromatic N) is 3. The van der Waals surface area contributed by atoms with E-state index in [1.54, 1.807) is 0 Å². The number of unbranched alkanes of at least 4 members (excludes halogenated alkanes) is 25. The molecular formula is C49H93N3O3. The number of carbonyl (C=O) groups excluding carboxylic acids is 2. The van der Waals surface area contributed by atoms with Crippen LogP contribution in [0.15, 0.2) is 18.7 Å². The van der Waals surface area contributed by atoms with E-state index in [0.717, 1.165) is 77.4 Å². The Morgan fingerprint density at radius 2 is 0.945 bits per heavy atom. The molecule has 6 heteroatoms. The topological polar surface area (TPSA) is 64.4 Å². The second kappa shape index (κ2) is 40.5. The summed E-state index contributed by atoms with van der Waals surface area (Å²) >= 11 is 0. The largest absolute Gasteiger partial charge is 0.465 e. The van der Waals surface area contributed by atoms with Crippen LogP contribution in [0.25, 0.3) is 0 Å². The van der Waals surface area contributed by atoms with Gasteiger partial charge in [0.15, 0.2) is 0 Å². The van der Waals surface area contributed by atoms with E-state index in [2.05, 4.69) is 41.4 Å². The summed E-state index contributed by atoms with van der Waals surface area (Å²) in [5, 5.41) is 0. The number of hydrogen-bond donors (Lipinski definition) is 0. The van der Waals surface area contributed by atoms with E-state index >= 15 is 0 Å². The van der Waals surface area contributed by atoms with Crippen LogP contribution in [-0.4, -0.2) is 52.4 Å². The highest BCUT2D eigenvalue weighted by Gasteiger charge is 2.19. The van der Waals surface area contributed by atoms with Gasteiger partial charge >= 0.3 is 5.97 Å². The zero-order valence-corrected chi connectivity index (χ0v) is 37.2. The number of aryl methyl sites for hydroxylation is 1. The Hall–Kier alpha value is -1.69. The van der Waals surface area contributed by atoms with Crippen molar-refractivity contribution in [1.29, 1.82) is 0 Å². The maximum atomic E-state index is 13.1. The number of hydrogen-bond acceptors (Lipinski definition) is 5. The summed E-state index contributed by atoms with van der Waals surface area (Å²) in [4.78, 5) is 32.3. The standard InChI is InChI=1S/C49H93N3O3/c1-4-7-10-13-16-17-22-29-37-48(53)38-30-23-18-19-24-31-40-51(42-34-43-52-44-39-50-46-52)41-32-25-26-33-45-55-49(54)47(35-27-20-14-11-8-5-2)36-28-21-15-12-9-6-3/h39,44,46-47H,4-38,40-43,45H2,1-3H3. The van der Waals surface area contributed by atoms with E-state index in [0.29, 0.717) is 12.4 Å². The highest BCUT2D eigenvalue weighted by atomic mass is 16.5. The SMILES string of the molecule is CCCCCCCCCCC(=O)CCCCCCCCN(CCCCCCOC(=O)C(CCCCCCCC)CCCCCCCC)CCCn1ccnc1. The van der Waals surface area contributed by atoms with Crippen LogP contribution >= 0.6 is 0 Å². The van der Waals surface area contributed by atoms with Crippen LogP contribution in [0.3, 0.4) is 0 Å². The second-order valence-corrected chi connectivity index (χ2v) is 17.0. The number of ketones is 1. The molecule has 0 aliphatic heterocycles. The number of carbonyl (C=O) groups is 2. The number of Topliss-reactive ketones (excluding diaryl/α,β-unsaturated/α-hetero) is 1. The van der Waals surface area contributed by atoms with Crippen LogP contribution in [0, 0.1) is 5.92 Å². The van der Waals surface area contributed by atoms with E-state index in [4.69, 9.17) is 4.74 Å². The molecule has 0 N–H and O–H groups in total. The normalized spacial score (nSPS) is 11.7. The van der Waals surface area contributed by atoms with Gasteiger partial charge in [0.1, 0.15) is 5.78 Å². The zero-order valence-electron chi connectivity index (χ0n) is 37.2. The van der Waals surface area contributed by atoms with Crippen LogP contribution in [0.2, 0.25) is 0 Å². The lowest BCUT2D eigenvalue weighted by atomic mass is 9.94. The lowest BCUT2D eigenvalue weighted by Crippen LogP contribution is -2.28. The highest BCUT2D eigenvalue weighted by Crippen LogP contribution is 2.21. The molecule has 0 saturated heterocycles. The van der Waals surface area contributed by atoms with Crippen LogP contribution in [0.5, 0.6) is 0 Å². The van der Waals surface area contributed by atoms with Gasteiger partial charge in [0.2, 0.25) is 0 Å². The minimum Gasteiger partial charge on any atom is -0.465 e. The van der Waals surface area contributed by atoms with E-state index in [1.807, 2.05) is 12.5 Å². The fraction of sp³-hybridized carbons (Fsp3) is 0.898. The lowest BCUT2D eigenvalue weighted by Gasteiger charge is -2.22. The summed E-state index contributed by atoms with van der Waals surface area (Å²) in [6, 6.07) is 0. The molecule has 0 amide bonds. The van der Waals surface area contributed by atoms with Crippen molar-refractivity contribution in [2.24, 2.45) is 5.92 Å². The number of esters is 1. The van der Waals surface area contributed by atoms with E-state index in [9.17, 15) is 9.59 Å². The molecule has 0 spiro atoms. The average molecular weight is 772 g/mol. The lowest BCUT2D eigenvalue weighted by molar-refractivity contribution is -0.149. The summed E-state index contributed by atoms with van der Waals surface area (Å²) < 4.78 is 8.07. The Bertz CT molecular complexity index is 920. The Labute approximate surface area is 342 Å². The summed E-state index contributed by atoms with van der Waals surface area (Å²) in [6.07, 6.45) is 48.3. The molecule has 0 aliphatic rings. The van der Waals surface area contributed by atoms with Gasteiger partial charge in [-0.15, -0.1) is 0 Å². The molecule has 0 atom stereocenters. The molecule has 0 fully saturated rings. The monoisotopic (exact) mass is 772 g/mol. The minimum atomic E-state index is 0.0776. The predicted octanol–water partition coefficient (Wildman–Crippen LogP) is 14.6. The third-order valence-electron chi connectivity index (χ3n) is 11.7. The Morgan fingerprint density at radius 3 is 1.42 bits per heavy atom. The Balaban J connectivity index is 2.25. The number of aromatic nitrogens is 2. The predicted molar refractivity (Wildman–Crippen MR) is 237 cm³/mol. The van der Waals surface area contributed by atoms with Gasteiger partial charge in [-0.2, -0.15) is 0 Å². The molecule has 1 rings (SSSR count). The van der Waals surface area contributed by atoms with Gasteiger partial charge in [-0.25, -0.2) is 4.98 Å². The summed E-state index contributed by atoms with van der Waals surface area (Å²) in [5.41, 5.74) is 0. The molecule has 55 heavy (non-hydrogen) atoms. The molecule has 1 aromatic rings. The Morgan fingerprint density at radius 1 is 0.527 bits per heavy atom. The molecular weight excluding hydrogens is 679 g/mol. The first-order valence-corrected chi connectivity index (χ1v) is 24.5. The van der Waals surface area contributed by atoms with Gasteiger partial charge in [0, 0.05) is 31.8 Å². The number of ether oxygens (including phenoxy) is 1. The van der Waals surface area contributed by atoms with Crippen LogP contribution in [-0.2, 0) is 20.9 Å². The molecule has 0 aromatic carbocycles. The molecule has 0 saturated carbocycles. The molecule has 0 radical (unpaired) electrons. The van der Waals surface area contributed by atoms with Crippen molar-refractivity contribution in [2.45, 2.75) is 252 Å². The molecule has 0 bridgehead atoms. The van der Waals surface area contributed by atoms with Crippen LogP contribution < -0.4 is 0 Å². The molecule has 6 nitrogen and oxygen atoms in total. The first-order chi connectivity index (χ1) is 27.1. The first-order valence-electron chi connectivity index (χ1n) is 24.5. The summed E-state index contributed by atoms with van der Waals surface area (Å²) in [7, 11) is 0. The molecule has 1 heterocycles. The van der Waals surface area contributed by atoms with E-state index in [1.165, 1.54) is 173 Å². The fourth-order valence-electron chi connectivity index (χ4n) is 7.98. The molecule has 0 unspecified atom stereocenters. The molecule has 1 aromatic heterocycles. The van der Waals surface area contributed by atoms with Gasteiger partial charge < -0.3 is 14.2 Å².